The Bertz CT molecular complexity index is 1830. The number of benzene rings is 2. The van der Waals surface area contributed by atoms with E-state index in [9.17, 15) is 33.6 Å². The third-order valence-electron chi connectivity index (χ3n) is 10.3. The summed E-state index contributed by atoms with van der Waals surface area (Å²) in [7, 11) is -3.67. The number of sulfone groups is 1. The number of aliphatic hydroxyl groups is 5. The molecule has 3 aromatic rings. The number of aliphatic hydroxyl groups excluding tert-OH is 5. The third-order valence-corrected chi connectivity index (χ3v) is 12.6. The maximum Gasteiger partial charge on any atom is 0.315 e. The predicted octanol–water partition coefficient (Wildman–Crippen LogP) is 3.22. The topological polar surface area (TPSA) is 208 Å². The van der Waals surface area contributed by atoms with Gasteiger partial charge in [-0.3, -0.25) is 4.98 Å². The Morgan fingerprint density at radius 2 is 1.66 bits per heavy atom. The fourth-order valence-corrected chi connectivity index (χ4v) is 8.74. The number of ether oxygens (including phenoxy) is 2. The first-order chi connectivity index (χ1) is 25.4. The molecule has 7 N–H and O–H groups in total. The highest BCUT2D eigenvalue weighted by Crippen LogP contribution is 2.53. The van der Waals surface area contributed by atoms with Crippen molar-refractivity contribution in [2.75, 3.05) is 18.9 Å². The molecule has 4 atom stereocenters. The maximum absolute atomic E-state index is 13.6. The SMILES string of the molecule is O=C(NC[C@H](O)[C@@H](O)[C@H](O)[C@H](O)CO)NC1CCC(CS(=O)(=O)c2ccc(Cl)c(COC3(c4cnccc4-c4ccccc4OC4CC4)CC3)c2)CC1. The molecule has 288 valence electrons. The van der Waals surface area contributed by atoms with E-state index in [1.165, 1.54) is 6.07 Å². The molecular formula is C38H48ClN3O10S. The van der Waals surface area contributed by atoms with Gasteiger partial charge in [-0.15, -0.1) is 0 Å². The van der Waals surface area contributed by atoms with Gasteiger partial charge in [-0.1, -0.05) is 29.8 Å². The van der Waals surface area contributed by atoms with Crippen molar-refractivity contribution >= 4 is 27.5 Å². The van der Waals surface area contributed by atoms with E-state index < -0.39 is 59.0 Å². The van der Waals surface area contributed by atoms with E-state index in [1.807, 2.05) is 36.5 Å². The number of hydrogen-bond acceptors (Lipinski definition) is 11. The number of para-hydroxylation sites is 1. The van der Waals surface area contributed by atoms with Gasteiger partial charge in [0.25, 0.3) is 0 Å². The average Bonchev–Trinajstić information content (AvgIpc) is 4.11. The van der Waals surface area contributed by atoms with Gasteiger partial charge in [0.05, 0.1) is 41.7 Å². The highest BCUT2D eigenvalue weighted by atomic mass is 35.5. The van der Waals surface area contributed by atoms with Gasteiger partial charge >= 0.3 is 6.03 Å². The minimum Gasteiger partial charge on any atom is -0.490 e. The van der Waals surface area contributed by atoms with Crippen molar-refractivity contribution in [1.82, 2.24) is 15.6 Å². The number of urea groups is 1. The van der Waals surface area contributed by atoms with Crippen molar-refractivity contribution in [2.24, 2.45) is 5.92 Å². The van der Waals surface area contributed by atoms with Crippen molar-refractivity contribution in [3.63, 3.8) is 0 Å². The number of hydrogen-bond donors (Lipinski definition) is 7. The van der Waals surface area contributed by atoms with Gasteiger partial charge in [0.1, 0.15) is 24.1 Å². The molecule has 13 nitrogen and oxygen atoms in total. The number of carbonyl (C=O) groups excluding carboxylic acids is 1. The van der Waals surface area contributed by atoms with Gasteiger partial charge in [-0.2, -0.15) is 0 Å². The van der Waals surface area contributed by atoms with Gasteiger partial charge < -0.3 is 45.6 Å². The standard InChI is InChI=1S/C38H48ClN3O10S/c39-31-12-11-27(53(49,50)22-23-5-7-25(8-6-23)42-37(48)41-19-32(44)35(46)36(47)33(45)20-43)17-24(31)21-51-38(14-15-38)30-18-40-16-13-28(30)29-3-1-2-4-34(29)52-26-9-10-26/h1-4,11-13,16-18,23,25-26,32-33,35-36,43-47H,5-10,14-15,19-22H2,(H2,41,42,48)/t23?,25?,32-,33+,35+,36+/m0/s1. The molecule has 3 aliphatic rings. The Balaban J connectivity index is 1.02. The van der Waals surface area contributed by atoms with E-state index in [4.69, 9.17) is 26.2 Å². The molecule has 15 heteroatoms. The van der Waals surface area contributed by atoms with Crippen LogP contribution in [0, 0.1) is 5.92 Å². The fraction of sp³-hybridized carbons (Fsp3) is 0.526. The summed E-state index contributed by atoms with van der Waals surface area (Å²) in [6.07, 6.45) is 2.99. The van der Waals surface area contributed by atoms with Gasteiger partial charge in [0.15, 0.2) is 9.84 Å². The number of nitrogens with zero attached hydrogens (tertiary/aromatic N) is 1. The number of pyridine rings is 1. The van der Waals surface area contributed by atoms with E-state index in [0.29, 0.717) is 36.3 Å². The molecule has 0 saturated heterocycles. The first-order valence-corrected chi connectivity index (χ1v) is 20.2. The normalized spacial score (nSPS) is 21.9. The molecule has 3 aliphatic carbocycles. The van der Waals surface area contributed by atoms with Crippen LogP contribution >= 0.6 is 11.6 Å². The highest BCUT2D eigenvalue weighted by molar-refractivity contribution is 7.91. The first-order valence-electron chi connectivity index (χ1n) is 18.1. The monoisotopic (exact) mass is 773 g/mol. The van der Waals surface area contributed by atoms with Gasteiger partial charge in [-0.05, 0) is 98.7 Å². The Morgan fingerprint density at radius 1 is 0.943 bits per heavy atom. The summed E-state index contributed by atoms with van der Waals surface area (Å²) in [4.78, 5) is 17.0. The number of nitrogens with one attached hydrogen (secondary N) is 2. The molecule has 1 heterocycles. The van der Waals surface area contributed by atoms with E-state index in [1.54, 1.807) is 18.3 Å². The Kier molecular flexibility index (Phi) is 12.6. The highest BCUT2D eigenvalue weighted by Gasteiger charge is 2.48. The summed E-state index contributed by atoms with van der Waals surface area (Å²) in [6, 6.07) is 13.9. The van der Waals surface area contributed by atoms with E-state index in [0.717, 1.165) is 48.1 Å². The fourth-order valence-electron chi connectivity index (χ4n) is 6.82. The minimum absolute atomic E-state index is 0.0503. The number of halogens is 1. The number of rotatable bonds is 17. The van der Waals surface area contributed by atoms with Crippen molar-refractivity contribution < 1.29 is 48.2 Å². The Labute approximate surface area is 314 Å². The maximum atomic E-state index is 13.6. The van der Waals surface area contributed by atoms with Crippen LogP contribution in [0.15, 0.2) is 65.8 Å². The number of aromatic nitrogens is 1. The molecule has 0 aliphatic heterocycles. The lowest BCUT2D eigenvalue weighted by molar-refractivity contribution is -0.113. The van der Waals surface area contributed by atoms with Crippen LogP contribution in [0.25, 0.3) is 11.1 Å². The molecular weight excluding hydrogens is 726 g/mol. The molecule has 3 saturated carbocycles. The lowest BCUT2D eigenvalue weighted by Crippen LogP contribution is -2.51. The molecule has 0 unspecified atom stereocenters. The number of carbonyl (C=O) groups is 1. The zero-order valence-corrected chi connectivity index (χ0v) is 30.9. The Hall–Kier alpha value is -3.34. The van der Waals surface area contributed by atoms with Crippen molar-refractivity contribution in [1.29, 1.82) is 0 Å². The summed E-state index contributed by atoms with van der Waals surface area (Å²) in [5.74, 6) is 0.669. The molecule has 6 rings (SSSR count). The molecule has 3 fully saturated rings. The van der Waals surface area contributed by atoms with Gasteiger partial charge in [-0.25, -0.2) is 13.2 Å². The summed E-state index contributed by atoms with van der Waals surface area (Å²) >= 11 is 6.58. The second-order valence-corrected chi connectivity index (χ2v) is 16.9. The largest absolute Gasteiger partial charge is 0.490 e. The van der Waals surface area contributed by atoms with Crippen LogP contribution in [0.3, 0.4) is 0 Å². The summed E-state index contributed by atoms with van der Waals surface area (Å²) in [5.41, 5.74) is 2.94. The quantitative estimate of drug-likeness (QED) is 0.106. The van der Waals surface area contributed by atoms with E-state index in [-0.39, 0.29) is 35.3 Å². The van der Waals surface area contributed by atoms with Crippen molar-refractivity contribution in [3.05, 3.63) is 77.1 Å². The van der Waals surface area contributed by atoms with E-state index >= 15 is 0 Å². The average molecular weight is 774 g/mol. The van der Waals surface area contributed by atoms with Crippen LogP contribution < -0.4 is 15.4 Å². The lowest BCUT2D eigenvalue weighted by Gasteiger charge is -2.29. The van der Waals surface area contributed by atoms with E-state index in [2.05, 4.69) is 15.6 Å². The number of amides is 2. The van der Waals surface area contributed by atoms with Crippen LogP contribution in [-0.2, 0) is 26.8 Å². The lowest BCUT2D eigenvalue weighted by atomic mass is 9.87. The second kappa shape index (κ2) is 17.0. The molecule has 2 amide bonds. The van der Waals surface area contributed by atoms with Gasteiger partial charge in [0, 0.05) is 41.1 Å². The van der Waals surface area contributed by atoms with Crippen LogP contribution in [0.4, 0.5) is 4.79 Å². The van der Waals surface area contributed by atoms with Crippen LogP contribution in [-0.4, -0.2) is 100 Å². The molecule has 0 spiro atoms. The Morgan fingerprint density at radius 3 is 2.36 bits per heavy atom. The van der Waals surface area contributed by atoms with Crippen LogP contribution in [0.1, 0.15) is 62.5 Å². The zero-order valence-electron chi connectivity index (χ0n) is 29.3. The molecule has 53 heavy (non-hydrogen) atoms. The summed E-state index contributed by atoms with van der Waals surface area (Å²) in [6.45, 7) is -1.09. The second-order valence-electron chi connectivity index (χ2n) is 14.4. The first kappa shape index (κ1) is 39.4. The molecule has 1 aromatic heterocycles. The van der Waals surface area contributed by atoms with Crippen LogP contribution in [0.2, 0.25) is 5.02 Å². The third kappa shape index (κ3) is 9.86. The zero-order chi connectivity index (χ0) is 37.8. The van der Waals surface area contributed by atoms with Crippen LogP contribution in [0.5, 0.6) is 5.75 Å². The molecule has 0 radical (unpaired) electrons. The predicted molar refractivity (Wildman–Crippen MR) is 196 cm³/mol. The summed E-state index contributed by atoms with van der Waals surface area (Å²) in [5, 5.41) is 53.7. The smallest absolute Gasteiger partial charge is 0.315 e. The molecule has 2 aromatic carbocycles. The molecule has 0 bridgehead atoms. The van der Waals surface area contributed by atoms with Gasteiger partial charge in [0.2, 0.25) is 0 Å². The summed E-state index contributed by atoms with van der Waals surface area (Å²) < 4.78 is 40.0. The minimum atomic E-state index is -3.67. The van der Waals surface area contributed by atoms with Crippen molar-refractivity contribution in [2.45, 2.75) is 105 Å². The van der Waals surface area contributed by atoms with Crippen molar-refractivity contribution in [3.8, 4) is 16.9 Å².